The molecule has 1 N–H and O–H groups in total. The molecule has 176 valence electrons. The van der Waals surface area contributed by atoms with E-state index in [4.69, 9.17) is 4.74 Å². The van der Waals surface area contributed by atoms with E-state index in [-0.39, 0.29) is 18.1 Å². The molecule has 2 aromatic rings. The number of nitrogens with zero attached hydrogens (tertiary/aromatic N) is 2. The molecular formula is C23H33N3O6. The summed E-state index contributed by atoms with van der Waals surface area (Å²) in [6.45, 7) is 11.0. The third kappa shape index (κ3) is 12.2. The summed E-state index contributed by atoms with van der Waals surface area (Å²) in [5.74, 6) is 0.551. The fraction of sp³-hybridized carbons (Fsp3) is 0.391. The molecule has 0 aliphatic heterocycles. The average Bonchev–Trinajstić information content (AvgIpc) is 3.14. The minimum atomic E-state index is -0.473. The first-order valence-electron chi connectivity index (χ1n) is 10.0. The lowest BCUT2D eigenvalue weighted by Crippen LogP contribution is -2.27. The van der Waals surface area contributed by atoms with Crippen LogP contribution in [0.1, 0.15) is 39.0 Å². The van der Waals surface area contributed by atoms with E-state index in [9.17, 15) is 19.7 Å². The van der Waals surface area contributed by atoms with Gasteiger partial charge in [-0.15, -0.1) is 0 Å². The number of amides is 1. The van der Waals surface area contributed by atoms with Crippen molar-refractivity contribution in [3.8, 4) is 5.75 Å². The van der Waals surface area contributed by atoms with Crippen LogP contribution in [0.2, 0.25) is 0 Å². The van der Waals surface area contributed by atoms with Gasteiger partial charge in [0.2, 0.25) is 5.91 Å². The Kier molecular flexibility index (Phi) is 14.3. The van der Waals surface area contributed by atoms with Crippen LogP contribution in [-0.4, -0.2) is 35.6 Å². The molecule has 0 saturated heterocycles. The van der Waals surface area contributed by atoms with E-state index in [1.54, 1.807) is 25.5 Å². The molecule has 0 aliphatic rings. The minimum Gasteiger partial charge on any atom is -0.497 e. The van der Waals surface area contributed by atoms with Crippen molar-refractivity contribution in [2.45, 2.75) is 47.7 Å². The van der Waals surface area contributed by atoms with Crippen molar-refractivity contribution in [1.82, 2.24) is 9.88 Å². The quantitative estimate of drug-likeness (QED) is 0.281. The van der Waals surface area contributed by atoms with Gasteiger partial charge in [-0.1, -0.05) is 23.8 Å². The largest absolute Gasteiger partial charge is 0.497 e. The summed E-state index contributed by atoms with van der Waals surface area (Å²) in [4.78, 5) is 31.3. The Bertz CT molecular complexity index is 868. The number of hydrogen-bond acceptors (Lipinski definition) is 6. The molecule has 0 radical (unpaired) electrons. The predicted molar refractivity (Wildman–Crippen MR) is 123 cm³/mol. The number of carbonyl (C=O) groups is 2. The zero-order valence-electron chi connectivity index (χ0n) is 19.6. The Morgan fingerprint density at radius 3 is 2.22 bits per heavy atom. The number of benzene rings is 1. The number of nitrogens with one attached hydrogen (secondary N) is 1. The van der Waals surface area contributed by atoms with Crippen LogP contribution in [0.15, 0.2) is 48.2 Å². The Balaban J connectivity index is 0.000000805. The van der Waals surface area contributed by atoms with Gasteiger partial charge in [-0.2, -0.15) is 0 Å². The molecule has 9 nitrogen and oxygen atoms in total. The second-order valence-corrected chi connectivity index (χ2v) is 6.77. The van der Waals surface area contributed by atoms with E-state index in [0.29, 0.717) is 25.3 Å². The Morgan fingerprint density at radius 1 is 1.25 bits per heavy atom. The predicted octanol–water partition coefficient (Wildman–Crippen LogP) is 4.18. The second kappa shape index (κ2) is 16.1. The molecule has 1 aromatic carbocycles. The Morgan fingerprint density at radius 2 is 1.84 bits per heavy atom. The monoisotopic (exact) mass is 447 g/mol. The van der Waals surface area contributed by atoms with E-state index < -0.39 is 4.92 Å². The Labute approximate surface area is 189 Å². The molecular weight excluding hydrogens is 414 g/mol. The zero-order chi connectivity index (χ0) is 24.5. The molecule has 2 rings (SSSR count). The molecule has 0 saturated carbocycles. The smallest absolute Gasteiger partial charge is 0.293 e. The number of hydrogen-bond donors (Lipinski definition) is 1. The first-order chi connectivity index (χ1) is 15.2. The van der Waals surface area contributed by atoms with Crippen LogP contribution in [0.25, 0.3) is 0 Å². The molecule has 1 aromatic heterocycles. The topological polar surface area (TPSA) is 113 Å². The van der Waals surface area contributed by atoms with Crippen LogP contribution in [0, 0.1) is 17.0 Å². The number of aryl methyl sites for hydroxylation is 1. The lowest BCUT2D eigenvalue weighted by molar-refractivity contribution is -0.384. The number of rotatable bonds is 8. The third-order valence-electron chi connectivity index (χ3n) is 4.08. The second-order valence-electron chi connectivity index (χ2n) is 6.77. The van der Waals surface area contributed by atoms with Crippen molar-refractivity contribution >= 4 is 18.1 Å². The number of carbonyl (C=O) groups excluding carboxylic acids is 2. The molecule has 0 atom stereocenters. The number of methoxy groups -OCH3 is 1. The van der Waals surface area contributed by atoms with E-state index in [0.717, 1.165) is 11.3 Å². The molecule has 9 heteroatoms. The van der Waals surface area contributed by atoms with Crippen LogP contribution >= 0.6 is 0 Å². The number of aromatic nitrogens is 1. The van der Waals surface area contributed by atoms with Crippen LogP contribution in [0.5, 0.6) is 5.75 Å². The summed E-state index contributed by atoms with van der Waals surface area (Å²) in [5.41, 5.74) is 2.99. The van der Waals surface area contributed by atoms with Crippen LogP contribution in [-0.2, 0) is 27.4 Å². The molecule has 0 spiro atoms. The highest BCUT2D eigenvalue weighted by molar-refractivity contribution is 5.76. The molecule has 0 unspecified atom stereocenters. The highest BCUT2D eigenvalue weighted by atomic mass is 16.6. The van der Waals surface area contributed by atoms with Crippen molar-refractivity contribution in [2.24, 2.45) is 0 Å². The maximum absolute atomic E-state index is 11.9. The number of allylic oxidation sites excluding steroid dienone is 2. The van der Waals surface area contributed by atoms with Gasteiger partial charge in [-0.25, -0.2) is 0 Å². The van der Waals surface area contributed by atoms with E-state index in [1.807, 2.05) is 31.2 Å². The fourth-order valence-electron chi connectivity index (χ4n) is 2.09. The number of ether oxygens (including phenoxy) is 2. The molecule has 32 heavy (non-hydrogen) atoms. The lowest BCUT2D eigenvalue weighted by Gasteiger charge is -2.08. The van der Waals surface area contributed by atoms with Crippen molar-refractivity contribution in [3.63, 3.8) is 0 Å². The van der Waals surface area contributed by atoms with E-state index in [2.05, 4.69) is 30.0 Å². The molecule has 0 fully saturated rings. The van der Waals surface area contributed by atoms with Gasteiger partial charge in [0.15, 0.2) is 0 Å². The van der Waals surface area contributed by atoms with Crippen molar-refractivity contribution in [3.05, 3.63) is 69.5 Å². The summed E-state index contributed by atoms with van der Waals surface area (Å²) in [6.07, 6.45) is 3.45. The van der Waals surface area contributed by atoms with Gasteiger partial charge in [0.05, 0.1) is 24.8 Å². The van der Waals surface area contributed by atoms with Gasteiger partial charge in [0.25, 0.3) is 12.2 Å². The molecule has 1 amide bonds. The fourth-order valence-corrected chi connectivity index (χ4v) is 2.09. The molecule has 0 aliphatic carbocycles. The summed E-state index contributed by atoms with van der Waals surface area (Å²) < 4.78 is 10.8. The van der Waals surface area contributed by atoms with Crippen molar-refractivity contribution in [1.29, 1.82) is 0 Å². The SMILES string of the molecule is CC=C(C)C.CCOC=O.COc1ccc(CNC(=O)Cn2cc([N+](=O)[O-])cc2C)cc1. The highest BCUT2D eigenvalue weighted by Crippen LogP contribution is 2.15. The first kappa shape index (κ1) is 28.4. The summed E-state index contributed by atoms with van der Waals surface area (Å²) in [6, 6.07) is 8.81. The third-order valence-corrected chi connectivity index (χ3v) is 4.08. The van der Waals surface area contributed by atoms with Gasteiger partial charge in [-0.05, 0) is 52.3 Å². The van der Waals surface area contributed by atoms with Crippen LogP contribution < -0.4 is 10.1 Å². The van der Waals surface area contributed by atoms with Gasteiger partial charge in [0.1, 0.15) is 12.3 Å². The highest BCUT2D eigenvalue weighted by Gasteiger charge is 2.13. The van der Waals surface area contributed by atoms with Gasteiger partial charge < -0.3 is 19.4 Å². The molecule has 0 bridgehead atoms. The van der Waals surface area contributed by atoms with Crippen molar-refractivity contribution in [2.75, 3.05) is 13.7 Å². The molecule has 1 heterocycles. The van der Waals surface area contributed by atoms with Crippen molar-refractivity contribution < 1.29 is 24.0 Å². The van der Waals surface area contributed by atoms with Gasteiger partial charge in [-0.3, -0.25) is 19.7 Å². The zero-order valence-corrected chi connectivity index (χ0v) is 19.6. The first-order valence-corrected chi connectivity index (χ1v) is 10.0. The maximum Gasteiger partial charge on any atom is 0.293 e. The van der Waals surface area contributed by atoms with Gasteiger partial charge in [0, 0.05) is 18.3 Å². The minimum absolute atomic E-state index is 0.0135. The van der Waals surface area contributed by atoms with E-state index in [1.165, 1.54) is 17.8 Å². The Hall–Kier alpha value is -3.62. The normalized spacial score (nSPS) is 9.19. The lowest BCUT2D eigenvalue weighted by atomic mass is 10.2. The summed E-state index contributed by atoms with van der Waals surface area (Å²) in [7, 11) is 1.59. The number of nitro groups is 1. The maximum atomic E-state index is 11.9. The van der Waals surface area contributed by atoms with E-state index >= 15 is 0 Å². The van der Waals surface area contributed by atoms with Crippen LogP contribution in [0.3, 0.4) is 0 Å². The van der Waals surface area contributed by atoms with Gasteiger partial charge >= 0.3 is 0 Å². The summed E-state index contributed by atoms with van der Waals surface area (Å²) >= 11 is 0. The standard InChI is InChI=1S/C15H17N3O4.C5H10.C3H6O2/c1-11-7-13(18(20)21)9-17(11)10-15(19)16-8-12-3-5-14(22-2)6-4-12;1-4-5(2)3;1-2-5-3-4/h3-7,9H,8,10H2,1-2H3,(H,16,19);4H,1-3H3;3H,2H2,1H3. The summed E-state index contributed by atoms with van der Waals surface area (Å²) in [5, 5.41) is 13.5. The average molecular weight is 448 g/mol. The van der Waals surface area contributed by atoms with Crippen LogP contribution in [0.4, 0.5) is 5.69 Å².